The highest BCUT2D eigenvalue weighted by atomic mass is 32.2. The SMILES string of the molecule is Cn1c(SC(C(=O)Nc2cccc(C(F)(F)F)c2)c2ccccc2)nnc1-c1ccncc1. The number of amides is 1. The van der Waals surface area contributed by atoms with Crippen molar-refractivity contribution in [2.24, 2.45) is 7.05 Å². The number of hydrogen-bond acceptors (Lipinski definition) is 5. The van der Waals surface area contributed by atoms with Crippen LogP contribution in [-0.4, -0.2) is 25.7 Å². The number of nitrogens with zero attached hydrogens (tertiary/aromatic N) is 4. The number of benzene rings is 2. The van der Waals surface area contributed by atoms with Gasteiger partial charge in [0.1, 0.15) is 5.25 Å². The minimum Gasteiger partial charge on any atom is -0.325 e. The summed E-state index contributed by atoms with van der Waals surface area (Å²) in [7, 11) is 1.78. The van der Waals surface area contributed by atoms with E-state index in [0.29, 0.717) is 16.5 Å². The lowest BCUT2D eigenvalue weighted by Crippen LogP contribution is -2.20. The highest BCUT2D eigenvalue weighted by Crippen LogP contribution is 2.37. The zero-order valence-electron chi connectivity index (χ0n) is 17.3. The van der Waals surface area contributed by atoms with Gasteiger partial charge in [-0.05, 0) is 35.9 Å². The van der Waals surface area contributed by atoms with Gasteiger partial charge in [0.25, 0.3) is 0 Å². The first-order chi connectivity index (χ1) is 15.8. The minimum absolute atomic E-state index is 0.0618. The number of carbonyl (C=O) groups excluding carboxylic acids is 1. The maximum absolute atomic E-state index is 13.2. The zero-order chi connectivity index (χ0) is 23.4. The smallest absolute Gasteiger partial charge is 0.325 e. The second-order valence-electron chi connectivity index (χ2n) is 7.08. The molecule has 1 unspecified atom stereocenters. The molecular weight excluding hydrogens is 451 g/mol. The minimum atomic E-state index is -4.50. The van der Waals surface area contributed by atoms with Crippen LogP contribution in [0.25, 0.3) is 11.4 Å². The number of halogens is 3. The first-order valence-electron chi connectivity index (χ1n) is 9.82. The van der Waals surface area contributed by atoms with Crippen LogP contribution in [0.2, 0.25) is 0 Å². The van der Waals surface area contributed by atoms with Gasteiger partial charge in [-0.3, -0.25) is 9.78 Å². The maximum atomic E-state index is 13.2. The molecular formula is C23H18F3N5OS. The van der Waals surface area contributed by atoms with E-state index in [2.05, 4.69) is 20.5 Å². The fourth-order valence-corrected chi connectivity index (χ4v) is 4.16. The number of carbonyl (C=O) groups is 1. The summed E-state index contributed by atoms with van der Waals surface area (Å²) in [5.74, 6) is 0.129. The number of aromatic nitrogens is 4. The van der Waals surface area contributed by atoms with Gasteiger partial charge in [0.15, 0.2) is 11.0 Å². The lowest BCUT2D eigenvalue weighted by Gasteiger charge is -2.17. The number of anilines is 1. The van der Waals surface area contributed by atoms with Crippen LogP contribution in [0.1, 0.15) is 16.4 Å². The van der Waals surface area contributed by atoms with E-state index >= 15 is 0 Å². The van der Waals surface area contributed by atoms with Gasteiger partial charge < -0.3 is 9.88 Å². The van der Waals surface area contributed by atoms with Crippen molar-refractivity contribution in [1.29, 1.82) is 0 Å². The average Bonchev–Trinajstić information content (AvgIpc) is 3.18. The second-order valence-corrected chi connectivity index (χ2v) is 8.15. The Morgan fingerprint density at radius 2 is 1.73 bits per heavy atom. The summed E-state index contributed by atoms with van der Waals surface area (Å²) in [6.07, 6.45) is -1.21. The molecule has 1 atom stereocenters. The summed E-state index contributed by atoms with van der Waals surface area (Å²) in [5.41, 5.74) is 0.725. The first-order valence-corrected chi connectivity index (χ1v) is 10.7. The van der Waals surface area contributed by atoms with Crippen LogP contribution in [0.5, 0.6) is 0 Å². The van der Waals surface area contributed by atoms with Crippen LogP contribution in [0.4, 0.5) is 18.9 Å². The molecule has 2 aromatic heterocycles. The Morgan fingerprint density at radius 3 is 2.42 bits per heavy atom. The Hall–Kier alpha value is -3.66. The van der Waals surface area contributed by atoms with Gasteiger partial charge in [0, 0.05) is 30.7 Å². The summed E-state index contributed by atoms with van der Waals surface area (Å²) in [4.78, 5) is 17.2. The molecule has 4 aromatic rings. The van der Waals surface area contributed by atoms with Crippen molar-refractivity contribution in [3.63, 3.8) is 0 Å². The Morgan fingerprint density at radius 1 is 1.00 bits per heavy atom. The predicted octanol–water partition coefficient (Wildman–Crippen LogP) is 5.37. The number of thioether (sulfide) groups is 1. The van der Waals surface area contributed by atoms with Crippen molar-refractivity contribution < 1.29 is 18.0 Å². The summed E-state index contributed by atoms with van der Waals surface area (Å²) < 4.78 is 41.0. The van der Waals surface area contributed by atoms with E-state index in [4.69, 9.17) is 0 Å². The molecule has 0 fully saturated rings. The molecule has 0 saturated carbocycles. The molecule has 0 aliphatic rings. The number of nitrogens with one attached hydrogen (secondary N) is 1. The fourth-order valence-electron chi connectivity index (χ4n) is 3.16. The van der Waals surface area contributed by atoms with Crippen LogP contribution in [0, 0.1) is 0 Å². The summed E-state index contributed by atoms with van der Waals surface area (Å²) in [6.45, 7) is 0. The number of rotatable bonds is 6. The normalized spacial score (nSPS) is 12.4. The van der Waals surface area contributed by atoms with E-state index in [0.717, 1.165) is 29.5 Å². The maximum Gasteiger partial charge on any atom is 0.416 e. The number of pyridine rings is 1. The van der Waals surface area contributed by atoms with Crippen LogP contribution in [0.3, 0.4) is 0 Å². The van der Waals surface area contributed by atoms with Crippen LogP contribution >= 0.6 is 11.8 Å². The topological polar surface area (TPSA) is 72.7 Å². The second kappa shape index (κ2) is 9.45. The molecule has 0 radical (unpaired) electrons. The zero-order valence-corrected chi connectivity index (χ0v) is 18.1. The molecule has 2 aromatic carbocycles. The van der Waals surface area contributed by atoms with Crippen LogP contribution < -0.4 is 5.32 Å². The molecule has 1 amide bonds. The van der Waals surface area contributed by atoms with Crippen molar-refractivity contribution in [3.8, 4) is 11.4 Å². The standard InChI is InChI=1S/C23H18F3N5OS/c1-31-20(16-10-12-27-13-11-16)29-30-22(31)33-19(15-6-3-2-4-7-15)21(32)28-18-9-5-8-17(14-18)23(24,25)26/h2-14,19H,1H3,(H,28,32). The lowest BCUT2D eigenvalue weighted by molar-refractivity contribution is -0.137. The Kier molecular flexibility index (Phi) is 6.45. The van der Waals surface area contributed by atoms with Gasteiger partial charge in [-0.15, -0.1) is 10.2 Å². The van der Waals surface area contributed by atoms with Crippen LogP contribution in [0.15, 0.2) is 84.3 Å². The van der Waals surface area contributed by atoms with Gasteiger partial charge in [0.05, 0.1) is 5.56 Å². The molecule has 6 nitrogen and oxygen atoms in total. The number of alkyl halides is 3. The van der Waals surface area contributed by atoms with Gasteiger partial charge >= 0.3 is 6.18 Å². The van der Waals surface area contributed by atoms with Gasteiger partial charge in [-0.2, -0.15) is 13.2 Å². The third kappa shape index (κ3) is 5.23. The van der Waals surface area contributed by atoms with Gasteiger partial charge in [0.2, 0.25) is 5.91 Å². The molecule has 168 valence electrons. The van der Waals surface area contributed by atoms with E-state index in [-0.39, 0.29) is 5.69 Å². The van der Waals surface area contributed by atoms with E-state index in [1.54, 1.807) is 60.4 Å². The largest absolute Gasteiger partial charge is 0.416 e. The fraction of sp³-hybridized carbons (Fsp3) is 0.130. The van der Waals surface area contributed by atoms with Crippen LogP contribution in [-0.2, 0) is 18.0 Å². The Bertz CT molecular complexity index is 1250. The van der Waals surface area contributed by atoms with E-state index in [9.17, 15) is 18.0 Å². The van der Waals surface area contributed by atoms with Crippen molar-refractivity contribution >= 4 is 23.4 Å². The van der Waals surface area contributed by atoms with Crippen molar-refractivity contribution in [3.05, 3.63) is 90.3 Å². The van der Waals surface area contributed by atoms with Crippen molar-refractivity contribution in [2.75, 3.05) is 5.32 Å². The summed E-state index contributed by atoms with van der Waals surface area (Å²) in [6, 6.07) is 17.1. The first kappa shape index (κ1) is 22.5. The quantitative estimate of drug-likeness (QED) is 0.385. The van der Waals surface area contributed by atoms with E-state index in [1.165, 1.54) is 12.1 Å². The molecule has 33 heavy (non-hydrogen) atoms. The van der Waals surface area contributed by atoms with Gasteiger partial charge in [-0.25, -0.2) is 0 Å². The molecule has 0 aliphatic heterocycles. The van der Waals surface area contributed by atoms with Gasteiger partial charge in [-0.1, -0.05) is 48.2 Å². The summed E-state index contributed by atoms with van der Waals surface area (Å²) >= 11 is 1.16. The molecule has 1 N–H and O–H groups in total. The molecule has 4 rings (SSSR count). The Labute approximate surface area is 191 Å². The molecule has 0 saturated heterocycles. The molecule has 0 bridgehead atoms. The highest BCUT2D eigenvalue weighted by molar-refractivity contribution is 8.00. The average molecular weight is 469 g/mol. The summed E-state index contributed by atoms with van der Waals surface area (Å²) in [5, 5.41) is 10.8. The number of hydrogen-bond donors (Lipinski definition) is 1. The molecule has 10 heteroatoms. The molecule has 2 heterocycles. The van der Waals surface area contributed by atoms with E-state index < -0.39 is 22.9 Å². The van der Waals surface area contributed by atoms with E-state index in [1.807, 2.05) is 6.07 Å². The highest BCUT2D eigenvalue weighted by Gasteiger charge is 2.31. The monoisotopic (exact) mass is 469 g/mol. The predicted molar refractivity (Wildman–Crippen MR) is 119 cm³/mol. The van der Waals surface area contributed by atoms with Crippen molar-refractivity contribution in [1.82, 2.24) is 19.7 Å². The third-order valence-electron chi connectivity index (χ3n) is 4.79. The molecule has 0 spiro atoms. The van der Waals surface area contributed by atoms with Crippen molar-refractivity contribution in [2.45, 2.75) is 16.6 Å². The third-order valence-corrected chi connectivity index (χ3v) is 6.08. The lowest BCUT2D eigenvalue weighted by atomic mass is 10.1. The Balaban J connectivity index is 1.62. The molecule has 0 aliphatic carbocycles.